The van der Waals surface area contributed by atoms with E-state index in [1.54, 1.807) is 29.2 Å². The summed E-state index contributed by atoms with van der Waals surface area (Å²) in [6.45, 7) is 0.818. The Morgan fingerprint density at radius 2 is 2.19 bits per heavy atom. The number of fused-ring (bicyclic) bond motifs is 1. The molecule has 9 nitrogen and oxygen atoms in total. The van der Waals surface area contributed by atoms with Crippen LogP contribution in [0.3, 0.4) is 0 Å². The molecule has 2 aromatic rings. The van der Waals surface area contributed by atoms with Crippen LogP contribution < -0.4 is 26.0 Å². The number of nitrogens with zero attached hydrogens (tertiary/aromatic N) is 1. The zero-order chi connectivity index (χ0) is 22.7. The fourth-order valence-electron chi connectivity index (χ4n) is 3.70. The summed E-state index contributed by atoms with van der Waals surface area (Å²) in [5, 5.41) is 5.67. The van der Waals surface area contributed by atoms with Crippen LogP contribution in [-0.4, -0.2) is 50.0 Å². The summed E-state index contributed by atoms with van der Waals surface area (Å²) in [6, 6.07) is 10.6. The zero-order valence-electron chi connectivity index (χ0n) is 17.6. The zero-order valence-corrected chi connectivity index (χ0v) is 18.4. The highest BCUT2D eigenvalue weighted by atomic mass is 32.2. The molecule has 2 aliphatic heterocycles. The van der Waals surface area contributed by atoms with E-state index in [0.29, 0.717) is 60.1 Å². The molecule has 1 atom stereocenters. The third-order valence-corrected chi connectivity index (χ3v) is 6.35. The minimum Gasteiger partial charge on any atom is -0.496 e. The van der Waals surface area contributed by atoms with E-state index in [0.717, 1.165) is 4.90 Å². The molecule has 0 bridgehead atoms. The molecule has 0 radical (unpaired) electrons. The van der Waals surface area contributed by atoms with Gasteiger partial charge in [-0.1, -0.05) is 6.07 Å². The average Bonchev–Trinajstić information content (AvgIpc) is 3.16. The van der Waals surface area contributed by atoms with Crippen LogP contribution in [0.5, 0.6) is 5.75 Å². The molecule has 2 aromatic carbocycles. The van der Waals surface area contributed by atoms with Gasteiger partial charge >= 0.3 is 6.09 Å². The van der Waals surface area contributed by atoms with Gasteiger partial charge in [0.05, 0.1) is 25.1 Å². The standard InChI is InChI=1S/C22H24N4O5S/c1-30-17-6-2-5-15(23)20(17)21(28)24-9-3-4-14-11-26(22(29)31-14)13-7-8-18-16(10-13)25-19(27)12-32-18/h2,5-8,10,14H,3-4,9,11-12,23H2,1H3,(H,24,28)(H,25,27). The number of nitrogens with one attached hydrogen (secondary N) is 2. The van der Waals surface area contributed by atoms with Gasteiger partial charge < -0.3 is 25.8 Å². The quantitative estimate of drug-likeness (QED) is 0.432. The Labute approximate surface area is 189 Å². The number of rotatable bonds is 7. The lowest BCUT2D eigenvalue weighted by molar-refractivity contribution is -0.113. The molecule has 10 heteroatoms. The second-order valence-electron chi connectivity index (χ2n) is 7.46. The van der Waals surface area contributed by atoms with Gasteiger partial charge in [0.15, 0.2) is 0 Å². The Morgan fingerprint density at radius 3 is 3.00 bits per heavy atom. The predicted octanol–water partition coefficient (Wildman–Crippen LogP) is 2.86. The Morgan fingerprint density at radius 1 is 1.34 bits per heavy atom. The number of nitrogen functional groups attached to an aromatic ring is 1. The van der Waals surface area contributed by atoms with Gasteiger partial charge in [0.25, 0.3) is 5.91 Å². The average molecular weight is 457 g/mol. The number of benzene rings is 2. The second-order valence-corrected chi connectivity index (χ2v) is 8.47. The van der Waals surface area contributed by atoms with Crippen molar-refractivity contribution in [3.8, 4) is 5.75 Å². The van der Waals surface area contributed by atoms with Crippen molar-refractivity contribution in [3.63, 3.8) is 0 Å². The highest BCUT2D eigenvalue weighted by molar-refractivity contribution is 8.00. The first-order chi connectivity index (χ1) is 15.5. The van der Waals surface area contributed by atoms with Crippen molar-refractivity contribution >= 4 is 46.7 Å². The predicted molar refractivity (Wildman–Crippen MR) is 122 cm³/mol. The Hall–Kier alpha value is -3.40. The van der Waals surface area contributed by atoms with E-state index in [1.165, 1.54) is 18.9 Å². The maximum Gasteiger partial charge on any atom is 0.414 e. The van der Waals surface area contributed by atoms with E-state index in [9.17, 15) is 14.4 Å². The number of carbonyl (C=O) groups is 3. The second kappa shape index (κ2) is 9.39. The van der Waals surface area contributed by atoms with E-state index in [-0.39, 0.29) is 17.9 Å². The van der Waals surface area contributed by atoms with Gasteiger partial charge in [-0.05, 0) is 43.2 Å². The van der Waals surface area contributed by atoms with Gasteiger partial charge in [-0.2, -0.15) is 0 Å². The maximum atomic E-state index is 12.5. The van der Waals surface area contributed by atoms with Gasteiger partial charge in [0.2, 0.25) is 5.91 Å². The number of hydrogen-bond acceptors (Lipinski definition) is 7. The highest BCUT2D eigenvalue weighted by Gasteiger charge is 2.32. The number of cyclic esters (lactones) is 1. The lowest BCUT2D eigenvalue weighted by Crippen LogP contribution is -2.27. The summed E-state index contributed by atoms with van der Waals surface area (Å²) >= 11 is 1.47. The fourth-order valence-corrected chi connectivity index (χ4v) is 4.49. The molecule has 0 aliphatic carbocycles. The molecule has 1 saturated heterocycles. The molecule has 168 valence electrons. The largest absolute Gasteiger partial charge is 0.496 e. The Kier molecular flexibility index (Phi) is 6.40. The Bertz CT molecular complexity index is 1060. The van der Waals surface area contributed by atoms with Crippen molar-refractivity contribution in [1.82, 2.24) is 5.32 Å². The number of carbonyl (C=O) groups excluding carboxylic acids is 3. The van der Waals surface area contributed by atoms with E-state index in [1.807, 2.05) is 12.1 Å². The molecule has 0 spiro atoms. The molecule has 0 aromatic heterocycles. The third-order valence-electron chi connectivity index (χ3n) is 5.28. The molecule has 4 N–H and O–H groups in total. The lowest BCUT2D eigenvalue weighted by atomic mass is 10.1. The third kappa shape index (κ3) is 4.59. The van der Waals surface area contributed by atoms with E-state index >= 15 is 0 Å². The lowest BCUT2D eigenvalue weighted by Gasteiger charge is -2.20. The van der Waals surface area contributed by atoms with Crippen LogP contribution in [0.25, 0.3) is 0 Å². The first-order valence-corrected chi connectivity index (χ1v) is 11.2. The summed E-state index contributed by atoms with van der Waals surface area (Å²) in [5.74, 6) is 0.445. The SMILES string of the molecule is COc1cccc(N)c1C(=O)NCCCC1CN(c2ccc3c(c2)NC(=O)CS3)C(=O)O1. The topological polar surface area (TPSA) is 123 Å². The number of hydrogen-bond donors (Lipinski definition) is 3. The molecule has 0 saturated carbocycles. The summed E-state index contributed by atoms with van der Waals surface area (Å²) in [6.07, 6.45) is 0.525. The van der Waals surface area contributed by atoms with E-state index in [4.69, 9.17) is 15.2 Å². The Balaban J connectivity index is 1.29. The molecule has 2 aliphatic rings. The molecule has 1 unspecified atom stereocenters. The fraction of sp³-hybridized carbons (Fsp3) is 0.318. The van der Waals surface area contributed by atoms with Crippen LogP contribution in [0.1, 0.15) is 23.2 Å². The monoisotopic (exact) mass is 456 g/mol. The molecular weight excluding hydrogens is 432 g/mol. The van der Waals surface area contributed by atoms with Crippen LogP contribution >= 0.6 is 11.8 Å². The van der Waals surface area contributed by atoms with E-state index in [2.05, 4.69) is 10.6 Å². The van der Waals surface area contributed by atoms with E-state index < -0.39 is 6.09 Å². The molecule has 1 fully saturated rings. The molecule has 4 rings (SSSR count). The normalized spacial score (nSPS) is 17.4. The first kappa shape index (κ1) is 21.8. The van der Waals surface area contributed by atoms with Crippen LogP contribution in [0.2, 0.25) is 0 Å². The van der Waals surface area contributed by atoms with Gasteiger partial charge in [0, 0.05) is 22.8 Å². The number of methoxy groups -OCH3 is 1. The molecule has 32 heavy (non-hydrogen) atoms. The van der Waals surface area contributed by atoms with Crippen LogP contribution in [0.15, 0.2) is 41.3 Å². The van der Waals surface area contributed by atoms with Gasteiger partial charge in [-0.25, -0.2) is 4.79 Å². The minimum atomic E-state index is -0.421. The molecular formula is C22H24N4O5S. The number of thioether (sulfide) groups is 1. The van der Waals surface area contributed by atoms with Crippen molar-refractivity contribution in [2.24, 2.45) is 0 Å². The molecule has 2 heterocycles. The number of amides is 3. The van der Waals surface area contributed by atoms with Crippen LogP contribution in [0, 0.1) is 0 Å². The van der Waals surface area contributed by atoms with Gasteiger partial charge in [0.1, 0.15) is 17.4 Å². The van der Waals surface area contributed by atoms with Crippen LogP contribution in [0.4, 0.5) is 21.9 Å². The van der Waals surface area contributed by atoms with Crippen molar-refractivity contribution in [2.75, 3.05) is 41.9 Å². The van der Waals surface area contributed by atoms with Gasteiger partial charge in [-0.3, -0.25) is 14.5 Å². The van der Waals surface area contributed by atoms with Crippen molar-refractivity contribution in [3.05, 3.63) is 42.0 Å². The first-order valence-electron chi connectivity index (χ1n) is 10.2. The summed E-state index contributed by atoms with van der Waals surface area (Å²) in [4.78, 5) is 39.0. The van der Waals surface area contributed by atoms with Crippen LogP contribution in [-0.2, 0) is 9.53 Å². The molecule has 3 amide bonds. The maximum absolute atomic E-state index is 12.5. The smallest absolute Gasteiger partial charge is 0.414 e. The summed E-state index contributed by atoms with van der Waals surface area (Å²) in [7, 11) is 1.49. The van der Waals surface area contributed by atoms with Gasteiger partial charge in [-0.15, -0.1) is 11.8 Å². The van der Waals surface area contributed by atoms with Crippen molar-refractivity contribution in [2.45, 2.75) is 23.8 Å². The summed E-state index contributed by atoms with van der Waals surface area (Å²) < 4.78 is 10.7. The highest BCUT2D eigenvalue weighted by Crippen LogP contribution is 2.35. The number of ether oxygens (including phenoxy) is 2. The summed E-state index contributed by atoms with van der Waals surface area (Å²) in [5.41, 5.74) is 7.96. The van der Waals surface area contributed by atoms with Crippen molar-refractivity contribution in [1.29, 1.82) is 0 Å². The minimum absolute atomic E-state index is 0.0570. The number of anilines is 3. The number of nitrogens with two attached hydrogens (primary N) is 1. The van der Waals surface area contributed by atoms with Crippen molar-refractivity contribution < 1.29 is 23.9 Å².